The molecule has 1 aliphatic heterocycles. The Kier molecular flexibility index (Phi) is 5.32. The Morgan fingerprint density at radius 2 is 2.16 bits per heavy atom. The van der Waals surface area contributed by atoms with Gasteiger partial charge < -0.3 is 15.7 Å². The third-order valence-electron chi connectivity index (χ3n) is 5.65. The zero-order valence-electron chi connectivity index (χ0n) is 15.6. The van der Waals surface area contributed by atoms with E-state index in [0.717, 1.165) is 56.7 Å². The van der Waals surface area contributed by atoms with Crippen LogP contribution in [0.3, 0.4) is 0 Å². The van der Waals surface area contributed by atoms with Gasteiger partial charge in [0.25, 0.3) is 0 Å². The Labute approximate surface area is 149 Å². The van der Waals surface area contributed by atoms with E-state index in [9.17, 15) is 9.90 Å². The van der Waals surface area contributed by atoms with Crippen LogP contribution < -0.4 is 10.6 Å². The van der Waals surface area contributed by atoms with Crippen molar-refractivity contribution < 1.29 is 9.90 Å². The third kappa shape index (κ3) is 3.97. The van der Waals surface area contributed by atoms with Crippen molar-refractivity contribution in [1.82, 2.24) is 25.4 Å². The maximum atomic E-state index is 12.4. The van der Waals surface area contributed by atoms with Gasteiger partial charge in [-0.1, -0.05) is 33.6 Å². The number of amides is 2. The minimum absolute atomic E-state index is 0.0992. The molecule has 0 bridgehead atoms. The number of nitrogens with one attached hydrogen (secondary N) is 2. The molecule has 1 aromatic heterocycles. The lowest BCUT2D eigenvalue weighted by Gasteiger charge is -2.38. The largest absolute Gasteiger partial charge is 0.392 e. The van der Waals surface area contributed by atoms with E-state index < -0.39 is 0 Å². The maximum absolute atomic E-state index is 12.4. The van der Waals surface area contributed by atoms with Crippen molar-refractivity contribution in [2.75, 3.05) is 6.54 Å². The average molecular weight is 349 g/mol. The molecule has 0 aromatic carbocycles. The first-order valence-corrected chi connectivity index (χ1v) is 9.56. The summed E-state index contributed by atoms with van der Waals surface area (Å²) in [6.45, 7) is 7.57. The van der Waals surface area contributed by atoms with Crippen molar-refractivity contribution >= 4 is 6.03 Å². The highest BCUT2D eigenvalue weighted by Crippen LogP contribution is 2.35. The van der Waals surface area contributed by atoms with E-state index in [4.69, 9.17) is 0 Å². The van der Waals surface area contributed by atoms with Crippen molar-refractivity contribution in [3.8, 4) is 0 Å². The summed E-state index contributed by atoms with van der Waals surface area (Å²) < 4.78 is 1.93. The van der Waals surface area contributed by atoms with Crippen LogP contribution in [0.25, 0.3) is 0 Å². The van der Waals surface area contributed by atoms with Gasteiger partial charge in [0.05, 0.1) is 12.1 Å². The van der Waals surface area contributed by atoms with Crippen molar-refractivity contribution in [2.24, 2.45) is 5.41 Å². The molecule has 1 saturated carbocycles. The minimum Gasteiger partial charge on any atom is -0.392 e. The van der Waals surface area contributed by atoms with Gasteiger partial charge in [0, 0.05) is 24.4 Å². The van der Waals surface area contributed by atoms with Crippen LogP contribution in [0, 0.1) is 5.41 Å². The highest BCUT2D eigenvalue weighted by atomic mass is 16.3. The highest BCUT2D eigenvalue weighted by Gasteiger charge is 2.36. The van der Waals surface area contributed by atoms with E-state index in [0.29, 0.717) is 6.54 Å². The predicted molar refractivity (Wildman–Crippen MR) is 95.2 cm³/mol. The van der Waals surface area contributed by atoms with Crippen molar-refractivity contribution in [3.63, 3.8) is 0 Å². The summed E-state index contributed by atoms with van der Waals surface area (Å²) in [7, 11) is 0. The number of carbonyl (C=O) groups excluding carboxylic acids is 1. The second-order valence-corrected chi connectivity index (χ2v) is 8.14. The van der Waals surface area contributed by atoms with Gasteiger partial charge in [-0.3, -0.25) is 0 Å². The Hall–Kier alpha value is -1.63. The van der Waals surface area contributed by atoms with E-state index in [-0.39, 0.29) is 29.5 Å². The lowest BCUT2D eigenvalue weighted by Crippen LogP contribution is -2.48. The van der Waals surface area contributed by atoms with Crippen LogP contribution in [-0.4, -0.2) is 38.6 Å². The minimum atomic E-state index is -0.340. The molecule has 2 aliphatic rings. The third-order valence-corrected chi connectivity index (χ3v) is 5.65. The number of hydrogen-bond acceptors (Lipinski definition) is 4. The zero-order chi connectivity index (χ0) is 18.0. The molecular weight excluding hydrogens is 318 g/mol. The summed E-state index contributed by atoms with van der Waals surface area (Å²) in [6, 6.07) is -0.288. The molecule has 0 spiro atoms. The van der Waals surface area contributed by atoms with Gasteiger partial charge >= 0.3 is 6.03 Å². The first kappa shape index (κ1) is 18.2. The molecule has 2 heterocycles. The Morgan fingerprint density at radius 3 is 2.88 bits per heavy atom. The van der Waals surface area contributed by atoms with Crippen LogP contribution >= 0.6 is 0 Å². The molecule has 1 aliphatic carbocycles. The number of hydrogen-bond donors (Lipinski definition) is 3. The molecule has 0 saturated heterocycles. The molecule has 3 rings (SSSR count). The molecule has 3 atom stereocenters. The summed E-state index contributed by atoms with van der Waals surface area (Å²) in [5.74, 6) is 1.97. The van der Waals surface area contributed by atoms with Crippen molar-refractivity contribution in [1.29, 1.82) is 0 Å². The molecule has 7 heteroatoms. The SMILES string of the molecule is CC(C)c1nc2n(n1)CCCC2NC(=O)NCC1(C)CCCCC1O. The molecule has 7 nitrogen and oxygen atoms in total. The summed E-state index contributed by atoms with van der Waals surface area (Å²) >= 11 is 0. The van der Waals surface area contributed by atoms with E-state index in [1.165, 1.54) is 0 Å². The predicted octanol–water partition coefficient (Wildman–Crippen LogP) is 2.48. The molecule has 0 radical (unpaired) electrons. The Bertz CT molecular complexity index is 615. The average Bonchev–Trinajstić information content (AvgIpc) is 3.02. The summed E-state index contributed by atoms with van der Waals surface area (Å²) in [5.41, 5.74) is -0.229. The van der Waals surface area contributed by atoms with E-state index >= 15 is 0 Å². The van der Waals surface area contributed by atoms with Crippen LogP contribution in [0.1, 0.15) is 82.9 Å². The zero-order valence-corrected chi connectivity index (χ0v) is 15.6. The van der Waals surface area contributed by atoms with Gasteiger partial charge in [0.2, 0.25) is 0 Å². The first-order valence-electron chi connectivity index (χ1n) is 9.56. The van der Waals surface area contributed by atoms with Crippen molar-refractivity contribution in [3.05, 3.63) is 11.6 Å². The van der Waals surface area contributed by atoms with Crippen molar-refractivity contribution in [2.45, 2.75) is 83.9 Å². The summed E-state index contributed by atoms with van der Waals surface area (Å²) in [6.07, 6.45) is 5.47. The standard InChI is InChI=1S/C18H31N5O2/c1-12(2)15-21-16-13(7-6-10-23(16)22-15)20-17(25)19-11-18(3)9-5-4-8-14(18)24/h12-14,24H,4-11H2,1-3H3,(H2,19,20,25). The number of fused-ring (bicyclic) bond motifs is 1. The Balaban J connectivity index is 1.59. The number of rotatable bonds is 4. The van der Waals surface area contributed by atoms with Gasteiger partial charge in [0.1, 0.15) is 5.82 Å². The number of aryl methyl sites for hydroxylation is 1. The second kappa shape index (κ2) is 7.32. The van der Waals surface area contributed by atoms with Crippen LogP contribution in [0.2, 0.25) is 0 Å². The van der Waals surface area contributed by atoms with Crippen LogP contribution in [0.5, 0.6) is 0 Å². The smallest absolute Gasteiger partial charge is 0.315 e. The molecule has 1 aromatic rings. The molecular formula is C18H31N5O2. The fraction of sp³-hybridized carbons (Fsp3) is 0.833. The van der Waals surface area contributed by atoms with Gasteiger partial charge in [-0.2, -0.15) is 5.10 Å². The highest BCUT2D eigenvalue weighted by molar-refractivity contribution is 5.74. The lowest BCUT2D eigenvalue weighted by molar-refractivity contribution is 0.00303. The fourth-order valence-corrected chi connectivity index (χ4v) is 3.83. The summed E-state index contributed by atoms with van der Waals surface area (Å²) in [5, 5.41) is 20.8. The normalized spacial score (nSPS) is 29.3. The molecule has 2 amide bonds. The molecule has 3 N–H and O–H groups in total. The quantitative estimate of drug-likeness (QED) is 0.779. The number of urea groups is 1. The monoisotopic (exact) mass is 349 g/mol. The second-order valence-electron chi connectivity index (χ2n) is 8.14. The van der Waals surface area contributed by atoms with Crippen LogP contribution in [0.15, 0.2) is 0 Å². The number of carbonyl (C=O) groups is 1. The fourth-order valence-electron chi connectivity index (χ4n) is 3.83. The van der Waals surface area contributed by atoms with Gasteiger partial charge in [-0.25, -0.2) is 14.5 Å². The first-order chi connectivity index (χ1) is 11.9. The van der Waals surface area contributed by atoms with Gasteiger partial charge in [-0.15, -0.1) is 0 Å². The number of aromatic nitrogens is 3. The van der Waals surface area contributed by atoms with Crippen LogP contribution in [0.4, 0.5) is 4.79 Å². The topological polar surface area (TPSA) is 92.1 Å². The van der Waals surface area contributed by atoms with E-state index in [1.54, 1.807) is 0 Å². The van der Waals surface area contributed by atoms with E-state index in [1.807, 2.05) is 4.68 Å². The number of aliphatic hydroxyl groups excluding tert-OH is 1. The van der Waals surface area contributed by atoms with Gasteiger partial charge in [-0.05, 0) is 25.7 Å². The number of aliphatic hydroxyl groups is 1. The van der Waals surface area contributed by atoms with Crippen LogP contribution in [-0.2, 0) is 6.54 Å². The molecule has 25 heavy (non-hydrogen) atoms. The molecule has 3 unspecified atom stereocenters. The maximum Gasteiger partial charge on any atom is 0.315 e. The Morgan fingerprint density at radius 1 is 1.36 bits per heavy atom. The molecule has 1 fully saturated rings. The molecule has 140 valence electrons. The van der Waals surface area contributed by atoms with Gasteiger partial charge in [0.15, 0.2) is 5.82 Å². The summed E-state index contributed by atoms with van der Waals surface area (Å²) in [4.78, 5) is 17.0. The van der Waals surface area contributed by atoms with E-state index in [2.05, 4.69) is 41.5 Å². The number of nitrogens with zero attached hydrogens (tertiary/aromatic N) is 3. The lowest BCUT2D eigenvalue weighted by atomic mass is 9.73.